The molecule has 3 aliphatic rings. The molecule has 0 bridgehead atoms. The second-order valence-corrected chi connectivity index (χ2v) is 8.17. The molecule has 0 radical (unpaired) electrons. The molecule has 1 saturated heterocycles. The van der Waals surface area contributed by atoms with Gasteiger partial charge in [0, 0.05) is 32.2 Å². The Morgan fingerprint density at radius 2 is 1.44 bits per heavy atom. The van der Waals surface area contributed by atoms with Gasteiger partial charge < -0.3 is 10.0 Å². The highest BCUT2D eigenvalue weighted by Gasteiger charge is 2.40. The highest BCUT2D eigenvalue weighted by molar-refractivity contribution is 5.85. The molecule has 2 atom stereocenters. The third kappa shape index (κ3) is 4.08. The molecule has 0 unspecified atom stereocenters. The second-order valence-electron chi connectivity index (χ2n) is 8.17. The molecule has 0 aromatic rings. The normalized spacial score (nSPS) is 29.8. The molecule has 5 heteroatoms. The quantitative estimate of drug-likeness (QED) is 0.797. The summed E-state index contributed by atoms with van der Waals surface area (Å²) in [6.45, 7) is 7.41. The molecule has 1 saturated carbocycles. The van der Waals surface area contributed by atoms with Crippen molar-refractivity contribution in [3.8, 4) is 0 Å². The van der Waals surface area contributed by atoms with Gasteiger partial charge in [0.15, 0.2) is 0 Å². The summed E-state index contributed by atoms with van der Waals surface area (Å²) >= 11 is 0. The number of carboxylic acid groups (broad SMARTS) is 1. The number of piperazine rings is 1. The third-order valence-corrected chi connectivity index (χ3v) is 6.62. The largest absolute Gasteiger partial charge is 0.481 e. The van der Waals surface area contributed by atoms with Crippen LogP contribution in [0.25, 0.3) is 0 Å². The van der Waals surface area contributed by atoms with Gasteiger partial charge >= 0.3 is 5.97 Å². The van der Waals surface area contributed by atoms with E-state index in [9.17, 15) is 14.7 Å². The number of aliphatic carboxylic acids is 1. The average molecular weight is 348 g/mol. The van der Waals surface area contributed by atoms with E-state index in [0.717, 1.165) is 31.8 Å². The summed E-state index contributed by atoms with van der Waals surface area (Å²) in [4.78, 5) is 29.2. The van der Waals surface area contributed by atoms with Crippen LogP contribution in [0.15, 0.2) is 11.1 Å². The summed E-state index contributed by atoms with van der Waals surface area (Å²) in [5.41, 5.74) is 2.33. The zero-order valence-electron chi connectivity index (χ0n) is 15.7. The van der Waals surface area contributed by atoms with Crippen LogP contribution >= 0.6 is 0 Å². The standard InChI is InChI=1S/C20H32N2O3/c1-14-12-17(18(20(24)25)13-15(14)2)19(23)22-10-8-21(9-11-22)16-6-4-3-5-7-16/h16-18H,3-13H2,1-2H3,(H,24,25)/t17-,18-/m0/s1. The van der Waals surface area contributed by atoms with Crippen LogP contribution in [-0.2, 0) is 9.59 Å². The predicted molar refractivity (Wildman–Crippen MR) is 97.2 cm³/mol. The summed E-state index contributed by atoms with van der Waals surface area (Å²) < 4.78 is 0. The van der Waals surface area contributed by atoms with Crippen LogP contribution in [0, 0.1) is 11.8 Å². The van der Waals surface area contributed by atoms with E-state index in [1.807, 2.05) is 18.7 Å². The molecule has 5 nitrogen and oxygen atoms in total. The first-order valence-corrected chi connectivity index (χ1v) is 9.88. The topological polar surface area (TPSA) is 60.9 Å². The van der Waals surface area contributed by atoms with E-state index in [0.29, 0.717) is 18.9 Å². The number of carboxylic acids is 1. The average Bonchev–Trinajstić information content (AvgIpc) is 2.63. The Balaban J connectivity index is 1.60. The Hall–Kier alpha value is -1.36. The van der Waals surface area contributed by atoms with Crippen molar-refractivity contribution in [2.75, 3.05) is 26.2 Å². The maximum Gasteiger partial charge on any atom is 0.307 e. The van der Waals surface area contributed by atoms with Crippen molar-refractivity contribution in [3.05, 3.63) is 11.1 Å². The smallest absolute Gasteiger partial charge is 0.307 e. The first-order valence-electron chi connectivity index (χ1n) is 9.88. The van der Waals surface area contributed by atoms with Gasteiger partial charge in [0.25, 0.3) is 0 Å². The van der Waals surface area contributed by atoms with Gasteiger partial charge in [0.05, 0.1) is 11.8 Å². The molecule has 2 aliphatic carbocycles. The van der Waals surface area contributed by atoms with Crippen molar-refractivity contribution in [1.29, 1.82) is 0 Å². The molecule has 3 rings (SSSR count). The number of allylic oxidation sites excluding steroid dienone is 2. The molecule has 25 heavy (non-hydrogen) atoms. The Kier molecular flexibility index (Phi) is 5.82. The van der Waals surface area contributed by atoms with E-state index in [1.54, 1.807) is 0 Å². The molecule has 1 N–H and O–H groups in total. The maximum atomic E-state index is 13.0. The van der Waals surface area contributed by atoms with Crippen LogP contribution < -0.4 is 0 Å². The van der Waals surface area contributed by atoms with Crippen LogP contribution in [0.5, 0.6) is 0 Å². The van der Waals surface area contributed by atoms with Crippen molar-refractivity contribution in [2.24, 2.45) is 11.8 Å². The van der Waals surface area contributed by atoms with E-state index < -0.39 is 11.9 Å². The van der Waals surface area contributed by atoms with E-state index in [1.165, 1.54) is 37.7 Å². The number of amides is 1. The van der Waals surface area contributed by atoms with E-state index in [-0.39, 0.29) is 11.8 Å². The Bertz CT molecular complexity index is 543. The molecule has 1 heterocycles. The fourth-order valence-electron chi connectivity index (χ4n) is 4.80. The summed E-state index contributed by atoms with van der Waals surface area (Å²) in [5, 5.41) is 9.57. The number of nitrogens with zero attached hydrogens (tertiary/aromatic N) is 2. The lowest BCUT2D eigenvalue weighted by molar-refractivity contribution is -0.151. The Morgan fingerprint density at radius 1 is 0.880 bits per heavy atom. The van der Waals surface area contributed by atoms with Gasteiger partial charge in [-0.05, 0) is 39.5 Å². The van der Waals surface area contributed by atoms with Gasteiger partial charge in [-0.15, -0.1) is 0 Å². The summed E-state index contributed by atoms with van der Waals surface area (Å²) in [6.07, 6.45) is 7.72. The molecule has 0 aromatic heterocycles. The fraction of sp³-hybridized carbons (Fsp3) is 0.800. The number of hydrogen-bond acceptors (Lipinski definition) is 3. The van der Waals surface area contributed by atoms with Gasteiger partial charge in [0.2, 0.25) is 5.91 Å². The summed E-state index contributed by atoms with van der Waals surface area (Å²) in [6, 6.07) is 0.695. The minimum Gasteiger partial charge on any atom is -0.481 e. The van der Waals surface area contributed by atoms with Gasteiger partial charge in [0.1, 0.15) is 0 Å². The zero-order chi connectivity index (χ0) is 18.0. The van der Waals surface area contributed by atoms with Crippen molar-refractivity contribution in [2.45, 2.75) is 64.8 Å². The molecular weight excluding hydrogens is 316 g/mol. The van der Waals surface area contributed by atoms with Crippen molar-refractivity contribution in [3.63, 3.8) is 0 Å². The third-order valence-electron chi connectivity index (χ3n) is 6.62. The van der Waals surface area contributed by atoms with Gasteiger partial charge in [-0.25, -0.2) is 0 Å². The SMILES string of the molecule is CC1=C(C)C[C@H](C(=O)N2CCN(C3CCCCC3)CC2)[C@@H](C(=O)O)C1. The first kappa shape index (κ1) is 18.4. The lowest BCUT2D eigenvalue weighted by atomic mass is 9.76. The minimum atomic E-state index is -0.828. The molecule has 1 amide bonds. The lowest BCUT2D eigenvalue weighted by Gasteiger charge is -2.42. The zero-order valence-corrected chi connectivity index (χ0v) is 15.7. The Labute approximate surface area is 151 Å². The van der Waals surface area contributed by atoms with Crippen LogP contribution in [0.2, 0.25) is 0 Å². The van der Waals surface area contributed by atoms with Gasteiger partial charge in [-0.3, -0.25) is 14.5 Å². The lowest BCUT2D eigenvalue weighted by Crippen LogP contribution is -2.54. The highest BCUT2D eigenvalue weighted by Crippen LogP contribution is 2.35. The number of hydrogen-bond donors (Lipinski definition) is 1. The minimum absolute atomic E-state index is 0.0579. The molecule has 140 valence electrons. The van der Waals surface area contributed by atoms with Gasteiger partial charge in [-0.1, -0.05) is 30.4 Å². The molecule has 0 spiro atoms. The van der Waals surface area contributed by atoms with Crippen molar-refractivity contribution in [1.82, 2.24) is 9.80 Å². The van der Waals surface area contributed by atoms with Crippen LogP contribution in [0.3, 0.4) is 0 Å². The predicted octanol–water partition coefficient (Wildman–Crippen LogP) is 2.91. The molecule has 0 aromatic carbocycles. The second kappa shape index (κ2) is 7.90. The monoisotopic (exact) mass is 348 g/mol. The Morgan fingerprint density at radius 3 is 2.00 bits per heavy atom. The van der Waals surface area contributed by atoms with Gasteiger partial charge in [-0.2, -0.15) is 0 Å². The first-order chi connectivity index (χ1) is 12.0. The molecule has 1 aliphatic heterocycles. The van der Waals surface area contributed by atoms with Crippen LogP contribution in [-0.4, -0.2) is 59.0 Å². The van der Waals surface area contributed by atoms with Crippen LogP contribution in [0.4, 0.5) is 0 Å². The number of carbonyl (C=O) groups excluding carboxylic acids is 1. The highest BCUT2D eigenvalue weighted by atomic mass is 16.4. The molecule has 2 fully saturated rings. The van der Waals surface area contributed by atoms with E-state index >= 15 is 0 Å². The van der Waals surface area contributed by atoms with E-state index in [4.69, 9.17) is 0 Å². The fourth-order valence-corrected chi connectivity index (χ4v) is 4.80. The number of carbonyl (C=O) groups is 2. The summed E-state index contributed by atoms with van der Waals surface area (Å²) in [5.74, 6) is -1.72. The summed E-state index contributed by atoms with van der Waals surface area (Å²) in [7, 11) is 0. The maximum absolute atomic E-state index is 13.0. The van der Waals surface area contributed by atoms with Crippen molar-refractivity contribution < 1.29 is 14.7 Å². The van der Waals surface area contributed by atoms with E-state index in [2.05, 4.69) is 4.90 Å². The van der Waals surface area contributed by atoms with Crippen molar-refractivity contribution >= 4 is 11.9 Å². The molecular formula is C20H32N2O3. The number of rotatable bonds is 3. The van der Waals surface area contributed by atoms with Crippen LogP contribution in [0.1, 0.15) is 58.8 Å².